The third-order valence-corrected chi connectivity index (χ3v) is 4.40. The van der Waals surface area contributed by atoms with Gasteiger partial charge in [0, 0.05) is 23.3 Å². The Morgan fingerprint density at radius 3 is 2.71 bits per heavy atom. The van der Waals surface area contributed by atoms with Crippen LogP contribution in [0.3, 0.4) is 0 Å². The van der Waals surface area contributed by atoms with Gasteiger partial charge in [-0.1, -0.05) is 38.1 Å². The van der Waals surface area contributed by atoms with Crippen LogP contribution in [0.5, 0.6) is 0 Å². The predicted octanol–water partition coefficient (Wildman–Crippen LogP) is 3.71. The van der Waals surface area contributed by atoms with Crippen molar-refractivity contribution in [1.82, 2.24) is 15.0 Å². The zero-order chi connectivity index (χ0) is 15.0. The largest absolute Gasteiger partial charge is 0.306 e. The van der Waals surface area contributed by atoms with Gasteiger partial charge < -0.3 is 4.98 Å². The Bertz CT molecular complexity index is 866. The van der Waals surface area contributed by atoms with Crippen LogP contribution in [-0.2, 0) is 0 Å². The molecule has 21 heavy (non-hydrogen) atoms. The van der Waals surface area contributed by atoms with Crippen LogP contribution in [0.25, 0.3) is 22.2 Å². The lowest BCUT2D eigenvalue weighted by Gasteiger charge is -2.10. The first kappa shape index (κ1) is 14.2. The Hall–Kier alpha value is -1.76. The number of nitrogens with one attached hydrogen (secondary N) is 1. The lowest BCUT2D eigenvalue weighted by Crippen LogP contribution is -2.17. The molecule has 0 aliphatic heterocycles. The minimum Gasteiger partial charge on any atom is -0.306 e. The minimum atomic E-state index is -0.0998. The molecule has 0 fully saturated rings. The fraction of sp³-hybridized carbons (Fsp3) is 0.188. The van der Waals surface area contributed by atoms with Crippen molar-refractivity contribution >= 4 is 33.4 Å². The first-order chi connectivity index (χ1) is 10.1. The summed E-state index contributed by atoms with van der Waals surface area (Å²) < 4.78 is 0.652. The van der Waals surface area contributed by atoms with Gasteiger partial charge in [0.15, 0.2) is 0 Å². The lowest BCUT2D eigenvalue weighted by molar-refractivity contribution is 0.802. The van der Waals surface area contributed by atoms with Gasteiger partial charge in [-0.25, -0.2) is 4.98 Å². The number of hydrogen-bond acceptors (Lipinski definition) is 3. The zero-order valence-electron chi connectivity index (χ0n) is 11.7. The van der Waals surface area contributed by atoms with E-state index >= 15 is 0 Å². The van der Waals surface area contributed by atoms with E-state index in [4.69, 9.17) is 0 Å². The molecule has 1 N–H and O–H groups in total. The lowest BCUT2D eigenvalue weighted by atomic mass is 10.1. The molecule has 1 aromatic carbocycles. The van der Waals surface area contributed by atoms with Crippen LogP contribution < -0.4 is 5.56 Å². The smallest absolute Gasteiger partial charge is 0.264 e. The van der Waals surface area contributed by atoms with E-state index in [1.807, 2.05) is 44.3 Å². The fourth-order valence-electron chi connectivity index (χ4n) is 2.29. The number of pyridine rings is 1. The number of aromatic nitrogens is 3. The Morgan fingerprint density at radius 1 is 1.19 bits per heavy atom. The Labute approximate surface area is 135 Å². The molecule has 5 heteroatoms. The molecule has 0 aliphatic rings. The van der Waals surface area contributed by atoms with Crippen LogP contribution in [0.1, 0.15) is 25.5 Å². The number of nitrogens with zero attached hydrogens (tertiary/aromatic N) is 2. The summed E-state index contributed by atoms with van der Waals surface area (Å²) in [6, 6.07) is 7.96. The number of halogens is 1. The fourth-order valence-corrected chi connectivity index (χ4v) is 3.17. The van der Waals surface area contributed by atoms with Gasteiger partial charge in [-0.3, -0.25) is 9.78 Å². The molecule has 4 nitrogen and oxygen atoms in total. The second-order valence-corrected chi connectivity index (χ2v) is 6.26. The van der Waals surface area contributed by atoms with Gasteiger partial charge in [0.2, 0.25) is 0 Å². The van der Waals surface area contributed by atoms with Gasteiger partial charge in [-0.2, -0.15) is 0 Å². The van der Waals surface area contributed by atoms with E-state index in [-0.39, 0.29) is 11.5 Å². The molecule has 2 aromatic heterocycles. The van der Waals surface area contributed by atoms with Crippen LogP contribution >= 0.6 is 22.6 Å². The molecule has 106 valence electrons. The Morgan fingerprint density at radius 2 is 1.95 bits per heavy atom. The maximum atomic E-state index is 12.2. The van der Waals surface area contributed by atoms with Crippen molar-refractivity contribution in [3.63, 3.8) is 0 Å². The molecule has 0 bridgehead atoms. The highest BCUT2D eigenvalue weighted by atomic mass is 127. The molecule has 2 heterocycles. The van der Waals surface area contributed by atoms with E-state index < -0.39 is 0 Å². The van der Waals surface area contributed by atoms with Crippen molar-refractivity contribution in [3.8, 4) is 11.4 Å². The third kappa shape index (κ3) is 2.57. The number of aromatic amines is 1. The molecule has 0 radical (unpaired) electrons. The summed E-state index contributed by atoms with van der Waals surface area (Å²) in [7, 11) is 0. The topological polar surface area (TPSA) is 58.6 Å². The Balaban J connectivity index is 2.31. The van der Waals surface area contributed by atoms with E-state index in [1.54, 1.807) is 6.20 Å². The summed E-state index contributed by atoms with van der Waals surface area (Å²) in [4.78, 5) is 23.9. The molecular weight excluding hydrogens is 377 g/mol. The monoisotopic (exact) mass is 391 g/mol. The minimum absolute atomic E-state index is 0.0998. The summed E-state index contributed by atoms with van der Waals surface area (Å²) in [6.45, 7) is 4.07. The van der Waals surface area contributed by atoms with Crippen molar-refractivity contribution in [3.05, 3.63) is 56.3 Å². The van der Waals surface area contributed by atoms with E-state index in [1.165, 1.54) is 0 Å². The second-order valence-electron chi connectivity index (χ2n) is 5.18. The van der Waals surface area contributed by atoms with Gasteiger partial charge in [0.05, 0.1) is 9.26 Å². The number of rotatable bonds is 2. The highest BCUT2D eigenvalue weighted by Crippen LogP contribution is 2.26. The van der Waals surface area contributed by atoms with Crippen molar-refractivity contribution in [2.75, 3.05) is 0 Å². The standard InChI is InChI=1S/C16H14IN3O/c1-9(2)14-13(17)16(21)20-15(19-14)12-8-18-7-10-5-3-4-6-11(10)12/h3-9H,1-2H3,(H,19,20,21). The van der Waals surface area contributed by atoms with E-state index in [0.29, 0.717) is 9.39 Å². The second kappa shape index (κ2) is 5.55. The predicted molar refractivity (Wildman–Crippen MR) is 92.4 cm³/mol. The van der Waals surface area contributed by atoms with E-state index in [0.717, 1.165) is 22.0 Å². The first-order valence-corrected chi connectivity index (χ1v) is 7.78. The molecule has 0 amide bonds. The molecule has 0 saturated heterocycles. The summed E-state index contributed by atoms with van der Waals surface area (Å²) >= 11 is 2.05. The van der Waals surface area contributed by atoms with Gasteiger partial charge in [0.25, 0.3) is 5.56 Å². The zero-order valence-corrected chi connectivity index (χ0v) is 13.9. The van der Waals surface area contributed by atoms with E-state index in [2.05, 4.69) is 37.5 Å². The summed E-state index contributed by atoms with van der Waals surface area (Å²) in [5, 5.41) is 2.06. The highest BCUT2D eigenvalue weighted by Gasteiger charge is 2.14. The average molecular weight is 391 g/mol. The number of H-pyrrole nitrogens is 1. The van der Waals surface area contributed by atoms with Gasteiger partial charge in [-0.05, 0) is 33.9 Å². The van der Waals surface area contributed by atoms with Crippen LogP contribution in [0.4, 0.5) is 0 Å². The summed E-state index contributed by atoms with van der Waals surface area (Å²) in [5.41, 5.74) is 1.57. The maximum absolute atomic E-state index is 12.2. The highest BCUT2D eigenvalue weighted by molar-refractivity contribution is 14.1. The number of fused-ring (bicyclic) bond motifs is 1. The maximum Gasteiger partial charge on any atom is 0.264 e. The molecule has 0 atom stereocenters. The van der Waals surface area contributed by atoms with Gasteiger partial charge in [0.1, 0.15) is 5.82 Å². The summed E-state index contributed by atoms with van der Waals surface area (Å²) in [6.07, 6.45) is 3.56. The van der Waals surface area contributed by atoms with Crippen LogP contribution in [0, 0.1) is 3.57 Å². The molecular formula is C16H14IN3O. The molecule has 0 aliphatic carbocycles. The third-order valence-electron chi connectivity index (χ3n) is 3.36. The van der Waals surface area contributed by atoms with Crippen LogP contribution in [-0.4, -0.2) is 15.0 Å². The summed E-state index contributed by atoms with van der Waals surface area (Å²) in [5.74, 6) is 0.773. The first-order valence-electron chi connectivity index (χ1n) is 6.70. The Kier molecular flexibility index (Phi) is 3.75. The molecule has 3 rings (SSSR count). The quantitative estimate of drug-likeness (QED) is 0.678. The molecule has 3 aromatic rings. The van der Waals surface area contributed by atoms with Crippen LogP contribution in [0.15, 0.2) is 41.5 Å². The van der Waals surface area contributed by atoms with Crippen molar-refractivity contribution < 1.29 is 0 Å². The molecule has 0 unspecified atom stereocenters. The molecule has 0 spiro atoms. The normalized spacial score (nSPS) is 11.2. The number of benzene rings is 1. The van der Waals surface area contributed by atoms with E-state index in [9.17, 15) is 4.79 Å². The van der Waals surface area contributed by atoms with Crippen molar-refractivity contribution in [1.29, 1.82) is 0 Å². The molecule has 0 saturated carbocycles. The van der Waals surface area contributed by atoms with Gasteiger partial charge in [-0.15, -0.1) is 0 Å². The van der Waals surface area contributed by atoms with Crippen molar-refractivity contribution in [2.45, 2.75) is 19.8 Å². The van der Waals surface area contributed by atoms with Gasteiger partial charge >= 0.3 is 0 Å². The SMILES string of the molecule is CC(C)c1nc(-c2cncc3ccccc23)[nH]c(=O)c1I. The van der Waals surface area contributed by atoms with Crippen LogP contribution in [0.2, 0.25) is 0 Å². The average Bonchev–Trinajstić information content (AvgIpc) is 2.49. The number of hydrogen-bond donors (Lipinski definition) is 1. The van der Waals surface area contributed by atoms with Crippen molar-refractivity contribution in [2.24, 2.45) is 0 Å².